The smallest absolute Gasteiger partial charge is 0 e. The van der Waals surface area contributed by atoms with Gasteiger partial charge in [-0.2, -0.15) is 0 Å². The topological polar surface area (TPSA) is 19.9 Å². The molecule has 0 atom stereocenters. The van der Waals surface area contributed by atoms with Crippen molar-refractivity contribution in [2.24, 2.45) is 0 Å². The van der Waals surface area contributed by atoms with Gasteiger partial charge in [0, 0.05) is 20.1 Å². The van der Waals surface area contributed by atoms with Crippen LogP contribution >= 0.6 is 15.8 Å². The molecule has 0 aromatic carbocycles. The van der Waals surface area contributed by atoms with Crippen LogP contribution in [0.15, 0.2) is 41.3 Å². The molecular formula is C26H43IrOP2-. The second kappa shape index (κ2) is 12.4. The van der Waals surface area contributed by atoms with Gasteiger partial charge >= 0.3 is 11.3 Å². The fourth-order valence-corrected chi connectivity index (χ4v) is 10.7. The van der Waals surface area contributed by atoms with E-state index in [0.717, 1.165) is 6.16 Å². The van der Waals surface area contributed by atoms with Gasteiger partial charge < -0.3 is 0 Å². The van der Waals surface area contributed by atoms with Crippen molar-refractivity contribution in [3.05, 3.63) is 54.0 Å². The third-order valence-electron chi connectivity index (χ3n) is 4.65. The minimum absolute atomic E-state index is 0. The molecule has 0 aromatic rings. The molecule has 1 aliphatic carbocycles. The molecule has 0 heterocycles. The van der Waals surface area contributed by atoms with E-state index in [2.05, 4.69) is 126 Å². The number of hydrogen-bond acceptors (Lipinski definition) is 0. The van der Waals surface area contributed by atoms with Crippen molar-refractivity contribution in [3.63, 3.8) is 0 Å². The monoisotopic (exact) mass is 626 g/mol. The first-order valence-electron chi connectivity index (χ1n) is 10.4. The van der Waals surface area contributed by atoms with Crippen LogP contribution in [0.5, 0.6) is 0 Å². The molecule has 0 spiro atoms. The van der Waals surface area contributed by atoms with Crippen LogP contribution in [0.3, 0.4) is 0 Å². The van der Waals surface area contributed by atoms with Crippen LogP contribution in [0.2, 0.25) is 0 Å². The summed E-state index contributed by atoms with van der Waals surface area (Å²) in [6.45, 7) is 33.2. The van der Waals surface area contributed by atoms with E-state index in [-0.39, 0.29) is 35.9 Å². The molecule has 30 heavy (non-hydrogen) atoms. The van der Waals surface area contributed by atoms with Crippen LogP contribution in [0.25, 0.3) is 0 Å². The molecule has 1 aliphatic rings. The fourth-order valence-electron chi connectivity index (χ4n) is 3.95. The van der Waals surface area contributed by atoms with Crippen molar-refractivity contribution in [3.8, 4) is 0 Å². The molecule has 4 heteroatoms. The van der Waals surface area contributed by atoms with Crippen LogP contribution in [0.4, 0.5) is 0 Å². The summed E-state index contributed by atoms with van der Waals surface area (Å²) in [6, 6.07) is 0. The minimum Gasteiger partial charge on any atom is 0 e. The van der Waals surface area contributed by atoms with Gasteiger partial charge in [-0.25, -0.2) is 0 Å². The number of rotatable bonds is 3. The SMILES string of the molecule is CC(C)(C)P(/C=C1\[C-]=C(CP(C(C)(C)C)C(C)(C)C)C=CC=C1)C(C)(C)C.[C-]#[O+].[Ir]. The van der Waals surface area contributed by atoms with E-state index in [4.69, 9.17) is 4.65 Å². The molecular weight excluding hydrogens is 582 g/mol. The van der Waals surface area contributed by atoms with Crippen LogP contribution in [-0.2, 0) is 24.8 Å². The Bertz CT molecular complexity index is 641. The van der Waals surface area contributed by atoms with Crippen molar-refractivity contribution >= 4 is 15.8 Å². The van der Waals surface area contributed by atoms with Crippen molar-refractivity contribution < 1.29 is 24.8 Å². The van der Waals surface area contributed by atoms with Gasteiger partial charge in [0.2, 0.25) is 0 Å². The van der Waals surface area contributed by atoms with Gasteiger partial charge in [0.25, 0.3) is 0 Å². The minimum atomic E-state index is -0.274. The molecule has 0 fully saturated rings. The molecule has 0 aromatic heterocycles. The first-order chi connectivity index (χ1) is 12.9. The Hall–Kier alpha value is 0.209. The first-order valence-corrected chi connectivity index (χ1v) is 13.3. The Morgan fingerprint density at radius 1 is 0.767 bits per heavy atom. The van der Waals surface area contributed by atoms with Gasteiger partial charge in [0.05, 0.1) is 0 Å². The zero-order valence-electron chi connectivity index (χ0n) is 21.2. The summed E-state index contributed by atoms with van der Waals surface area (Å²) in [7, 11) is -0.436. The quantitative estimate of drug-likeness (QED) is 0.170. The zero-order valence-corrected chi connectivity index (χ0v) is 25.4. The normalized spacial score (nSPS) is 16.7. The van der Waals surface area contributed by atoms with Crippen LogP contribution in [-0.4, -0.2) is 26.8 Å². The summed E-state index contributed by atoms with van der Waals surface area (Å²) >= 11 is 0. The molecule has 0 saturated carbocycles. The Balaban J connectivity index is 0. The summed E-state index contributed by atoms with van der Waals surface area (Å²) in [5.41, 5.74) is 2.63. The number of allylic oxidation sites excluding steroid dienone is 7. The van der Waals surface area contributed by atoms with Crippen LogP contribution < -0.4 is 0 Å². The van der Waals surface area contributed by atoms with Gasteiger partial charge in [-0.05, 0) is 26.8 Å². The predicted octanol–water partition coefficient (Wildman–Crippen LogP) is 8.84. The average molecular weight is 626 g/mol. The maximum absolute atomic E-state index is 7.50. The molecule has 0 bridgehead atoms. The van der Waals surface area contributed by atoms with Gasteiger partial charge in [-0.3, -0.25) is 0 Å². The molecule has 1 rings (SSSR count). The first kappa shape index (κ1) is 32.4. The summed E-state index contributed by atoms with van der Waals surface area (Å²) in [5, 5.41) is 1.26. The predicted molar refractivity (Wildman–Crippen MR) is 135 cm³/mol. The molecule has 0 aliphatic heterocycles. The van der Waals surface area contributed by atoms with Crippen LogP contribution in [0, 0.1) is 12.7 Å². The Morgan fingerprint density at radius 2 is 1.17 bits per heavy atom. The van der Waals surface area contributed by atoms with E-state index < -0.39 is 0 Å². The summed E-state index contributed by atoms with van der Waals surface area (Å²) in [6.07, 6.45) is 13.8. The van der Waals surface area contributed by atoms with Crippen molar-refractivity contribution in [1.82, 2.24) is 0 Å². The second-order valence-electron chi connectivity index (χ2n) is 11.6. The maximum atomic E-state index is 7.50. The number of hydrogen-bond donors (Lipinski definition) is 0. The van der Waals surface area contributed by atoms with Gasteiger partial charge in [0.15, 0.2) is 0 Å². The molecule has 0 unspecified atom stereocenters. The summed E-state index contributed by atoms with van der Waals surface area (Å²) in [5.74, 6) is 2.52. The van der Waals surface area contributed by atoms with E-state index in [0.29, 0.717) is 20.6 Å². The van der Waals surface area contributed by atoms with Crippen molar-refractivity contribution in [1.29, 1.82) is 0 Å². The zero-order chi connectivity index (χ0) is 23.3. The molecule has 1 nitrogen and oxygen atoms in total. The molecule has 173 valence electrons. The fraction of sp³-hybridized carbons (Fsp3) is 0.654. The second-order valence-corrected chi connectivity index (χ2v) is 19.1. The largest absolute Gasteiger partial charge is 0 e. The Labute approximate surface area is 203 Å². The summed E-state index contributed by atoms with van der Waals surface area (Å²) in [4.78, 5) is 0. The van der Waals surface area contributed by atoms with E-state index in [1.165, 1.54) is 11.1 Å². The standard InChI is InChI=1S/C25H43P2.CO.Ir/c1-22(2,3)26(23(4,5)6)18-20-15-13-14-16-21(17-20)19-27(24(7,8)9)25(10,11)12;1-2;/h13-16,18H,19H2,1-12H3;;/q-1;;/b20-18-;;. The average Bonchev–Trinajstić information content (AvgIpc) is 2.73. The van der Waals surface area contributed by atoms with Crippen molar-refractivity contribution in [2.75, 3.05) is 6.16 Å². The van der Waals surface area contributed by atoms with E-state index >= 15 is 0 Å². The van der Waals surface area contributed by atoms with Crippen molar-refractivity contribution in [2.45, 2.75) is 104 Å². The summed E-state index contributed by atoms with van der Waals surface area (Å²) < 4.78 is 7.50. The van der Waals surface area contributed by atoms with E-state index in [1.54, 1.807) is 0 Å². The van der Waals surface area contributed by atoms with E-state index in [1.807, 2.05) is 0 Å². The van der Waals surface area contributed by atoms with Gasteiger partial charge in [0.1, 0.15) is 0 Å². The van der Waals surface area contributed by atoms with Gasteiger partial charge in [-0.15, -0.1) is 55.3 Å². The molecule has 0 amide bonds. The van der Waals surface area contributed by atoms with E-state index in [9.17, 15) is 0 Å². The maximum Gasteiger partial charge on any atom is 0 e. The van der Waals surface area contributed by atoms with Gasteiger partial charge in [-0.1, -0.05) is 91.0 Å². The van der Waals surface area contributed by atoms with Crippen LogP contribution in [0.1, 0.15) is 83.1 Å². The molecule has 0 saturated heterocycles. The molecule has 1 radical (unpaired) electrons. The Kier molecular flexibility index (Phi) is 13.4. The third kappa shape index (κ3) is 11.2. The molecule has 0 N–H and O–H groups in total. The Morgan fingerprint density at radius 3 is 1.53 bits per heavy atom. The third-order valence-corrected chi connectivity index (χ3v) is 12.0.